The minimum atomic E-state index is -1.32. The number of carbonyl (C=O) groups excluding carboxylic acids is 1. The smallest absolute Gasteiger partial charge is 0.341 e. The molecule has 2 aromatic rings. The molecule has 0 N–H and O–H groups in total. The summed E-state index contributed by atoms with van der Waals surface area (Å²) in [6.45, 7) is -0.0381. The van der Waals surface area contributed by atoms with Gasteiger partial charge in [0.05, 0.1) is 0 Å². The summed E-state index contributed by atoms with van der Waals surface area (Å²) in [7, 11) is 0. The molecule has 0 bridgehead atoms. The maximum Gasteiger partial charge on any atom is 0.341 e. The normalized spacial score (nSPS) is 10.3. The molecular weight excluding hydrogens is 320 g/mol. The molecule has 0 amide bonds. The van der Waals surface area contributed by atoms with Crippen LogP contribution in [0.5, 0.6) is 0 Å². The van der Waals surface area contributed by atoms with E-state index in [0.29, 0.717) is 0 Å². The van der Waals surface area contributed by atoms with Crippen molar-refractivity contribution in [2.45, 2.75) is 6.61 Å². The SMILES string of the molecule is O=C(OCc1ccccc1Br)c1ccnc(F)c1F. The van der Waals surface area contributed by atoms with Crippen LogP contribution in [-0.2, 0) is 11.3 Å². The monoisotopic (exact) mass is 327 g/mol. The summed E-state index contributed by atoms with van der Waals surface area (Å²) in [5, 5.41) is 0. The zero-order valence-corrected chi connectivity index (χ0v) is 11.2. The van der Waals surface area contributed by atoms with E-state index < -0.39 is 23.3 Å². The van der Waals surface area contributed by atoms with Crippen LogP contribution in [0.4, 0.5) is 8.78 Å². The van der Waals surface area contributed by atoms with Crippen LogP contribution in [-0.4, -0.2) is 11.0 Å². The van der Waals surface area contributed by atoms with Gasteiger partial charge in [0.2, 0.25) is 5.95 Å². The van der Waals surface area contributed by atoms with Gasteiger partial charge >= 0.3 is 5.97 Å². The molecule has 1 aromatic carbocycles. The van der Waals surface area contributed by atoms with Crippen LogP contribution >= 0.6 is 15.9 Å². The summed E-state index contributed by atoms with van der Waals surface area (Å²) in [4.78, 5) is 14.7. The molecule has 19 heavy (non-hydrogen) atoms. The Labute approximate surface area is 116 Å². The maximum atomic E-state index is 13.3. The number of benzene rings is 1. The highest BCUT2D eigenvalue weighted by molar-refractivity contribution is 9.10. The van der Waals surface area contributed by atoms with E-state index >= 15 is 0 Å². The number of halogens is 3. The fraction of sp³-hybridized carbons (Fsp3) is 0.0769. The summed E-state index contributed by atoms with van der Waals surface area (Å²) in [6.07, 6.45) is 1.01. The Hall–Kier alpha value is -1.82. The van der Waals surface area contributed by atoms with Gasteiger partial charge in [-0.15, -0.1) is 0 Å². The number of esters is 1. The molecule has 1 aromatic heterocycles. The third-order valence-electron chi connectivity index (χ3n) is 2.38. The Kier molecular flexibility index (Phi) is 4.21. The highest BCUT2D eigenvalue weighted by Crippen LogP contribution is 2.18. The summed E-state index contributed by atoms with van der Waals surface area (Å²) in [5.74, 6) is -3.57. The van der Waals surface area contributed by atoms with Crippen molar-refractivity contribution < 1.29 is 18.3 Å². The fourth-order valence-electron chi connectivity index (χ4n) is 1.41. The highest BCUT2D eigenvalue weighted by atomic mass is 79.9. The average molecular weight is 328 g/mol. The first-order valence-corrected chi connectivity index (χ1v) is 6.09. The molecule has 3 nitrogen and oxygen atoms in total. The van der Waals surface area contributed by atoms with Gasteiger partial charge in [0.1, 0.15) is 12.2 Å². The summed E-state index contributed by atoms with van der Waals surface area (Å²) in [6, 6.07) is 8.20. The van der Waals surface area contributed by atoms with Crippen LogP contribution in [0.1, 0.15) is 15.9 Å². The van der Waals surface area contributed by atoms with E-state index in [0.717, 1.165) is 22.3 Å². The van der Waals surface area contributed by atoms with Gasteiger partial charge in [-0.05, 0) is 12.1 Å². The van der Waals surface area contributed by atoms with Gasteiger partial charge in [-0.3, -0.25) is 0 Å². The lowest BCUT2D eigenvalue weighted by atomic mass is 10.2. The van der Waals surface area contributed by atoms with Crippen molar-refractivity contribution >= 4 is 21.9 Å². The second-order valence-electron chi connectivity index (χ2n) is 3.63. The summed E-state index contributed by atoms with van der Waals surface area (Å²) in [5.41, 5.74) is 0.255. The van der Waals surface area contributed by atoms with Gasteiger partial charge in [0, 0.05) is 16.2 Å². The van der Waals surface area contributed by atoms with Crippen LogP contribution in [0.25, 0.3) is 0 Å². The zero-order chi connectivity index (χ0) is 13.8. The molecule has 0 aliphatic carbocycles. The number of aromatic nitrogens is 1. The van der Waals surface area contributed by atoms with Gasteiger partial charge in [-0.25, -0.2) is 14.2 Å². The Morgan fingerprint density at radius 3 is 2.74 bits per heavy atom. The molecule has 1 heterocycles. The number of ether oxygens (including phenoxy) is 1. The van der Waals surface area contributed by atoms with Crippen molar-refractivity contribution in [3.05, 3.63) is 63.9 Å². The maximum absolute atomic E-state index is 13.3. The summed E-state index contributed by atoms with van der Waals surface area (Å²) < 4.78 is 31.9. The standard InChI is InChI=1S/C13H8BrF2NO2/c14-10-4-2-1-3-8(10)7-19-13(18)9-5-6-17-12(16)11(9)15/h1-6H,7H2. The molecule has 0 unspecified atom stereocenters. The van der Waals surface area contributed by atoms with Gasteiger partial charge in [-0.1, -0.05) is 34.1 Å². The number of carbonyl (C=O) groups is 1. The second kappa shape index (κ2) is 5.88. The lowest BCUT2D eigenvalue weighted by molar-refractivity contribution is 0.0465. The predicted octanol–water partition coefficient (Wildman–Crippen LogP) is 3.48. The molecular formula is C13H8BrF2NO2. The van der Waals surface area contributed by atoms with Gasteiger partial charge in [0.25, 0.3) is 0 Å². The van der Waals surface area contributed by atoms with E-state index in [9.17, 15) is 13.6 Å². The minimum Gasteiger partial charge on any atom is -0.457 e. The average Bonchev–Trinajstić information content (AvgIpc) is 2.40. The number of rotatable bonds is 3. The third-order valence-corrected chi connectivity index (χ3v) is 3.16. The van der Waals surface area contributed by atoms with Crippen molar-refractivity contribution in [2.24, 2.45) is 0 Å². The van der Waals surface area contributed by atoms with E-state index in [4.69, 9.17) is 4.74 Å². The molecule has 0 spiro atoms. The highest BCUT2D eigenvalue weighted by Gasteiger charge is 2.17. The topological polar surface area (TPSA) is 39.2 Å². The molecule has 98 valence electrons. The fourth-order valence-corrected chi connectivity index (χ4v) is 1.81. The van der Waals surface area contributed by atoms with E-state index in [2.05, 4.69) is 20.9 Å². The van der Waals surface area contributed by atoms with E-state index in [-0.39, 0.29) is 6.61 Å². The first-order valence-electron chi connectivity index (χ1n) is 5.30. The first kappa shape index (κ1) is 13.6. The zero-order valence-electron chi connectivity index (χ0n) is 9.57. The Balaban J connectivity index is 2.10. The van der Waals surface area contributed by atoms with Crippen LogP contribution in [0.2, 0.25) is 0 Å². The molecule has 0 aliphatic heterocycles. The predicted molar refractivity (Wildman–Crippen MR) is 67.4 cm³/mol. The number of pyridine rings is 1. The molecule has 6 heteroatoms. The molecule has 0 saturated carbocycles. The van der Waals surface area contributed by atoms with Crippen LogP contribution in [0, 0.1) is 11.8 Å². The largest absolute Gasteiger partial charge is 0.457 e. The van der Waals surface area contributed by atoms with E-state index in [1.807, 2.05) is 6.07 Å². The Morgan fingerprint density at radius 2 is 2.00 bits per heavy atom. The van der Waals surface area contributed by atoms with E-state index in [1.54, 1.807) is 18.2 Å². The molecule has 0 radical (unpaired) electrons. The lowest BCUT2D eigenvalue weighted by Crippen LogP contribution is -2.09. The second-order valence-corrected chi connectivity index (χ2v) is 4.49. The van der Waals surface area contributed by atoms with Gasteiger partial charge in [-0.2, -0.15) is 4.39 Å². The molecule has 2 rings (SSSR count). The van der Waals surface area contributed by atoms with Crippen molar-refractivity contribution in [3.8, 4) is 0 Å². The summed E-state index contributed by atoms with van der Waals surface area (Å²) >= 11 is 3.29. The van der Waals surface area contributed by atoms with Gasteiger partial charge in [0.15, 0.2) is 5.82 Å². The molecule has 0 fully saturated rings. The number of hydrogen-bond acceptors (Lipinski definition) is 3. The quantitative estimate of drug-likeness (QED) is 0.640. The Bertz CT molecular complexity index is 619. The van der Waals surface area contributed by atoms with Crippen molar-refractivity contribution in [1.29, 1.82) is 0 Å². The van der Waals surface area contributed by atoms with E-state index in [1.165, 1.54) is 0 Å². The molecule has 0 aliphatic rings. The van der Waals surface area contributed by atoms with Crippen molar-refractivity contribution in [1.82, 2.24) is 4.98 Å². The van der Waals surface area contributed by atoms with Crippen molar-refractivity contribution in [2.75, 3.05) is 0 Å². The van der Waals surface area contributed by atoms with Crippen LogP contribution in [0.15, 0.2) is 41.0 Å². The Morgan fingerprint density at radius 1 is 1.26 bits per heavy atom. The molecule has 0 atom stereocenters. The lowest BCUT2D eigenvalue weighted by Gasteiger charge is -2.07. The van der Waals surface area contributed by atoms with Crippen LogP contribution < -0.4 is 0 Å². The number of nitrogens with zero attached hydrogens (tertiary/aromatic N) is 1. The van der Waals surface area contributed by atoms with Crippen molar-refractivity contribution in [3.63, 3.8) is 0 Å². The first-order chi connectivity index (χ1) is 9.09. The van der Waals surface area contributed by atoms with Crippen LogP contribution in [0.3, 0.4) is 0 Å². The minimum absolute atomic E-state index is 0.0381. The molecule has 0 saturated heterocycles. The third kappa shape index (κ3) is 3.14. The van der Waals surface area contributed by atoms with Gasteiger partial charge < -0.3 is 4.74 Å². The number of hydrogen-bond donors (Lipinski definition) is 0.